The summed E-state index contributed by atoms with van der Waals surface area (Å²) in [6.45, 7) is 7.55. The maximum atomic E-state index is 12.2. The minimum atomic E-state index is -0.633. The van der Waals surface area contributed by atoms with Crippen LogP contribution >= 0.6 is 0 Å². The van der Waals surface area contributed by atoms with E-state index in [1.165, 1.54) is 0 Å². The van der Waals surface area contributed by atoms with E-state index < -0.39 is 5.54 Å². The van der Waals surface area contributed by atoms with Crippen molar-refractivity contribution in [2.45, 2.75) is 46.1 Å². The molecule has 1 atom stereocenters. The van der Waals surface area contributed by atoms with Gasteiger partial charge in [0.2, 0.25) is 5.89 Å². The number of aliphatic hydroxyl groups excluding tert-OH is 1. The number of amides is 2. The van der Waals surface area contributed by atoms with E-state index in [2.05, 4.69) is 15.6 Å². The van der Waals surface area contributed by atoms with Gasteiger partial charge in [-0.2, -0.15) is 0 Å². The van der Waals surface area contributed by atoms with Crippen molar-refractivity contribution >= 4 is 11.7 Å². The Morgan fingerprint density at radius 2 is 2.12 bits per heavy atom. The van der Waals surface area contributed by atoms with Gasteiger partial charge in [-0.05, 0) is 44.9 Å². The van der Waals surface area contributed by atoms with Gasteiger partial charge in [0.15, 0.2) is 0 Å². The van der Waals surface area contributed by atoms with Crippen LogP contribution in [0.25, 0.3) is 11.5 Å². The van der Waals surface area contributed by atoms with Gasteiger partial charge in [-0.1, -0.05) is 19.4 Å². The molecule has 1 aromatic carbocycles. The number of oxazole rings is 1. The zero-order chi connectivity index (χ0) is 17.7. The number of benzene rings is 1. The van der Waals surface area contributed by atoms with E-state index in [0.29, 0.717) is 18.0 Å². The van der Waals surface area contributed by atoms with Crippen LogP contribution in [0, 0.1) is 13.8 Å². The van der Waals surface area contributed by atoms with Crippen molar-refractivity contribution < 1.29 is 14.3 Å². The predicted molar refractivity (Wildman–Crippen MR) is 94.0 cm³/mol. The van der Waals surface area contributed by atoms with Crippen LogP contribution in [0.3, 0.4) is 0 Å². The van der Waals surface area contributed by atoms with E-state index in [0.717, 1.165) is 23.2 Å². The molecule has 0 aliphatic heterocycles. The Balaban J connectivity index is 2.14. The number of carbonyl (C=O) groups is 1. The van der Waals surface area contributed by atoms with Crippen LogP contribution < -0.4 is 10.6 Å². The van der Waals surface area contributed by atoms with Gasteiger partial charge in [0.25, 0.3) is 0 Å². The second-order valence-electron chi connectivity index (χ2n) is 6.37. The van der Waals surface area contributed by atoms with Gasteiger partial charge in [-0.3, -0.25) is 0 Å². The Morgan fingerprint density at radius 3 is 2.71 bits per heavy atom. The third kappa shape index (κ3) is 4.35. The highest BCUT2D eigenvalue weighted by Crippen LogP contribution is 2.26. The number of aromatic nitrogens is 1. The molecule has 6 heteroatoms. The Hall–Kier alpha value is -2.34. The molecule has 0 aliphatic rings. The molecule has 1 heterocycles. The van der Waals surface area contributed by atoms with Gasteiger partial charge in [0, 0.05) is 11.3 Å². The quantitative estimate of drug-likeness (QED) is 0.754. The standard InChI is InChI=1S/C18H25N3O3/c1-5-8-18(4,11-22)21-17(23)20-14-7-6-12(2)15(9-14)16-19-13(3)10-24-16/h6-7,9-10,22H,5,8,11H2,1-4H3,(H2,20,21,23). The first kappa shape index (κ1) is 18.0. The van der Waals surface area contributed by atoms with Crippen molar-refractivity contribution in [2.24, 2.45) is 0 Å². The summed E-state index contributed by atoms with van der Waals surface area (Å²) in [7, 11) is 0. The second-order valence-corrected chi connectivity index (χ2v) is 6.37. The minimum absolute atomic E-state index is 0.108. The number of nitrogens with one attached hydrogen (secondary N) is 2. The molecule has 2 aromatic rings. The normalized spacial score (nSPS) is 13.4. The zero-order valence-electron chi connectivity index (χ0n) is 14.6. The monoisotopic (exact) mass is 331 g/mol. The fraction of sp³-hybridized carbons (Fsp3) is 0.444. The van der Waals surface area contributed by atoms with E-state index in [1.54, 1.807) is 6.26 Å². The number of aliphatic hydroxyl groups is 1. The Labute approximate surface area is 142 Å². The van der Waals surface area contributed by atoms with Gasteiger partial charge in [-0.25, -0.2) is 9.78 Å². The maximum Gasteiger partial charge on any atom is 0.319 e. The molecule has 2 rings (SSSR count). The number of carbonyl (C=O) groups excluding carboxylic acids is 1. The lowest BCUT2D eigenvalue weighted by Crippen LogP contribution is -2.50. The molecule has 0 spiro atoms. The van der Waals surface area contributed by atoms with Gasteiger partial charge >= 0.3 is 6.03 Å². The predicted octanol–water partition coefficient (Wildman–Crippen LogP) is 3.63. The molecule has 1 unspecified atom stereocenters. The number of hydrogen-bond acceptors (Lipinski definition) is 4. The fourth-order valence-electron chi connectivity index (χ4n) is 2.58. The van der Waals surface area contributed by atoms with Crippen LogP contribution in [0.5, 0.6) is 0 Å². The lowest BCUT2D eigenvalue weighted by atomic mass is 9.98. The summed E-state index contributed by atoms with van der Waals surface area (Å²) >= 11 is 0. The summed E-state index contributed by atoms with van der Waals surface area (Å²) in [5.41, 5.74) is 2.65. The summed E-state index contributed by atoms with van der Waals surface area (Å²) < 4.78 is 5.45. The van der Waals surface area contributed by atoms with Crippen LogP contribution in [-0.2, 0) is 0 Å². The molecule has 0 saturated carbocycles. The first-order valence-electron chi connectivity index (χ1n) is 8.10. The van der Waals surface area contributed by atoms with Crippen LogP contribution in [0.1, 0.15) is 37.9 Å². The van der Waals surface area contributed by atoms with E-state index in [-0.39, 0.29) is 12.6 Å². The molecule has 0 aliphatic carbocycles. The number of hydrogen-bond donors (Lipinski definition) is 3. The van der Waals surface area contributed by atoms with E-state index >= 15 is 0 Å². The Bertz CT molecular complexity index is 711. The maximum absolute atomic E-state index is 12.2. The summed E-state index contributed by atoms with van der Waals surface area (Å²) in [6, 6.07) is 5.21. The van der Waals surface area contributed by atoms with Crippen molar-refractivity contribution in [3.63, 3.8) is 0 Å². The molecule has 0 fully saturated rings. The van der Waals surface area contributed by atoms with E-state index in [4.69, 9.17) is 4.42 Å². The van der Waals surface area contributed by atoms with Crippen LogP contribution in [-0.4, -0.2) is 28.3 Å². The van der Waals surface area contributed by atoms with Crippen LogP contribution in [0.4, 0.5) is 10.5 Å². The lowest BCUT2D eigenvalue weighted by Gasteiger charge is -2.28. The average Bonchev–Trinajstić information content (AvgIpc) is 2.95. The molecule has 2 amide bonds. The molecule has 6 nitrogen and oxygen atoms in total. The van der Waals surface area contributed by atoms with Crippen molar-refractivity contribution in [2.75, 3.05) is 11.9 Å². The van der Waals surface area contributed by atoms with Gasteiger partial charge in [0.05, 0.1) is 17.8 Å². The largest absolute Gasteiger partial charge is 0.444 e. The first-order chi connectivity index (χ1) is 11.4. The highest BCUT2D eigenvalue weighted by atomic mass is 16.3. The smallest absolute Gasteiger partial charge is 0.319 e. The zero-order valence-corrected chi connectivity index (χ0v) is 14.6. The topological polar surface area (TPSA) is 87.4 Å². The Morgan fingerprint density at radius 1 is 1.38 bits per heavy atom. The minimum Gasteiger partial charge on any atom is -0.444 e. The number of urea groups is 1. The lowest BCUT2D eigenvalue weighted by molar-refractivity contribution is 0.167. The van der Waals surface area contributed by atoms with Crippen molar-refractivity contribution in [1.82, 2.24) is 10.3 Å². The van der Waals surface area contributed by atoms with Gasteiger partial charge < -0.3 is 20.2 Å². The van der Waals surface area contributed by atoms with Gasteiger partial charge in [0.1, 0.15) is 6.26 Å². The summed E-state index contributed by atoms with van der Waals surface area (Å²) in [5, 5.41) is 15.1. The van der Waals surface area contributed by atoms with E-state index in [1.807, 2.05) is 45.9 Å². The molecule has 130 valence electrons. The molecule has 0 bridgehead atoms. The number of rotatable bonds is 6. The van der Waals surface area contributed by atoms with Crippen LogP contribution in [0.2, 0.25) is 0 Å². The van der Waals surface area contributed by atoms with Crippen molar-refractivity contribution in [3.05, 3.63) is 35.7 Å². The van der Waals surface area contributed by atoms with Crippen molar-refractivity contribution in [1.29, 1.82) is 0 Å². The third-order valence-corrected chi connectivity index (χ3v) is 3.91. The summed E-state index contributed by atoms with van der Waals surface area (Å²) in [5.74, 6) is 0.528. The average molecular weight is 331 g/mol. The first-order valence-corrected chi connectivity index (χ1v) is 8.10. The van der Waals surface area contributed by atoms with Crippen molar-refractivity contribution in [3.8, 4) is 11.5 Å². The molecule has 3 N–H and O–H groups in total. The number of aryl methyl sites for hydroxylation is 2. The molecule has 24 heavy (non-hydrogen) atoms. The SMILES string of the molecule is CCCC(C)(CO)NC(=O)Nc1ccc(C)c(-c2nc(C)co2)c1. The summed E-state index contributed by atoms with van der Waals surface area (Å²) in [6.07, 6.45) is 3.17. The molecular formula is C18H25N3O3. The number of nitrogens with zero attached hydrogens (tertiary/aromatic N) is 1. The molecule has 1 aromatic heterocycles. The highest BCUT2D eigenvalue weighted by Gasteiger charge is 2.24. The summed E-state index contributed by atoms with van der Waals surface area (Å²) in [4.78, 5) is 16.6. The molecular weight excluding hydrogens is 306 g/mol. The number of anilines is 1. The molecule has 0 radical (unpaired) electrons. The highest BCUT2D eigenvalue weighted by molar-refractivity contribution is 5.90. The Kier molecular flexibility index (Phi) is 5.62. The second kappa shape index (κ2) is 7.49. The van der Waals surface area contributed by atoms with Gasteiger partial charge in [-0.15, -0.1) is 0 Å². The van der Waals surface area contributed by atoms with E-state index in [9.17, 15) is 9.90 Å². The molecule has 0 saturated heterocycles. The van der Waals surface area contributed by atoms with Crippen LogP contribution in [0.15, 0.2) is 28.9 Å². The fourth-order valence-corrected chi connectivity index (χ4v) is 2.58. The third-order valence-electron chi connectivity index (χ3n) is 3.91.